The Hall–Kier alpha value is -1.11. The summed E-state index contributed by atoms with van der Waals surface area (Å²) in [5.74, 6) is 0.435. The maximum Gasteiger partial charge on any atom is 0.287 e. The van der Waals surface area contributed by atoms with Crippen molar-refractivity contribution in [1.29, 1.82) is 0 Å². The Morgan fingerprint density at radius 3 is 3.16 bits per heavy atom. The second kappa shape index (κ2) is 6.88. The van der Waals surface area contributed by atoms with E-state index in [-0.39, 0.29) is 23.7 Å². The van der Waals surface area contributed by atoms with E-state index in [1.54, 1.807) is 0 Å². The Bertz CT molecular complexity index is 472. The predicted molar refractivity (Wildman–Crippen MR) is 72.6 cm³/mol. The van der Waals surface area contributed by atoms with Gasteiger partial charge in [0.25, 0.3) is 5.56 Å². The maximum atomic E-state index is 11.8. The van der Waals surface area contributed by atoms with Crippen LogP contribution in [-0.2, 0) is 11.3 Å². The summed E-state index contributed by atoms with van der Waals surface area (Å²) in [4.78, 5) is 11.8. The van der Waals surface area contributed by atoms with Gasteiger partial charge in [0.05, 0.1) is 31.6 Å². The SMILES string of the molecule is O=c1c(Cl)c(NCC2CCCOC2)cnn1CCO. The van der Waals surface area contributed by atoms with Gasteiger partial charge in [0.2, 0.25) is 0 Å². The van der Waals surface area contributed by atoms with Gasteiger partial charge in [0.15, 0.2) is 0 Å². The quantitative estimate of drug-likeness (QED) is 0.835. The lowest BCUT2D eigenvalue weighted by Crippen LogP contribution is -2.28. The second-order valence-electron chi connectivity index (χ2n) is 4.59. The largest absolute Gasteiger partial charge is 0.394 e. The number of rotatable bonds is 5. The molecule has 1 aromatic rings. The number of nitrogens with zero attached hydrogens (tertiary/aromatic N) is 2. The number of aromatic nitrogens is 2. The van der Waals surface area contributed by atoms with Crippen LogP contribution in [0.15, 0.2) is 11.0 Å². The number of ether oxygens (including phenoxy) is 1. The van der Waals surface area contributed by atoms with Crippen molar-refractivity contribution in [2.75, 3.05) is 31.7 Å². The summed E-state index contributed by atoms with van der Waals surface area (Å²) in [6, 6.07) is 0. The van der Waals surface area contributed by atoms with E-state index in [4.69, 9.17) is 21.4 Å². The lowest BCUT2D eigenvalue weighted by atomic mass is 10.0. The lowest BCUT2D eigenvalue weighted by molar-refractivity contribution is 0.0595. The molecule has 2 heterocycles. The average molecular weight is 288 g/mol. The molecule has 0 radical (unpaired) electrons. The van der Waals surface area contributed by atoms with Crippen LogP contribution in [0.1, 0.15) is 12.8 Å². The predicted octanol–water partition coefficient (Wildman–Crippen LogP) is 0.727. The second-order valence-corrected chi connectivity index (χ2v) is 4.97. The van der Waals surface area contributed by atoms with E-state index >= 15 is 0 Å². The number of halogens is 1. The first kappa shape index (κ1) is 14.3. The van der Waals surface area contributed by atoms with Gasteiger partial charge >= 0.3 is 0 Å². The molecule has 6 nitrogen and oxygen atoms in total. The summed E-state index contributed by atoms with van der Waals surface area (Å²) < 4.78 is 6.54. The Morgan fingerprint density at radius 1 is 1.63 bits per heavy atom. The van der Waals surface area contributed by atoms with Crippen molar-refractivity contribution in [3.63, 3.8) is 0 Å². The molecule has 0 bridgehead atoms. The molecule has 2 N–H and O–H groups in total. The summed E-state index contributed by atoms with van der Waals surface area (Å²) in [6.45, 7) is 2.28. The number of nitrogens with one attached hydrogen (secondary N) is 1. The third-order valence-corrected chi connectivity index (χ3v) is 3.50. The highest BCUT2D eigenvalue weighted by Gasteiger charge is 2.15. The summed E-state index contributed by atoms with van der Waals surface area (Å²) >= 11 is 6.00. The zero-order chi connectivity index (χ0) is 13.7. The van der Waals surface area contributed by atoms with Crippen molar-refractivity contribution in [2.24, 2.45) is 5.92 Å². The van der Waals surface area contributed by atoms with Gasteiger partial charge in [-0.25, -0.2) is 4.68 Å². The number of aliphatic hydroxyl groups excluding tert-OH is 1. The highest BCUT2D eigenvalue weighted by atomic mass is 35.5. The third kappa shape index (κ3) is 3.68. The molecule has 1 fully saturated rings. The fourth-order valence-electron chi connectivity index (χ4n) is 2.06. The minimum atomic E-state index is -0.388. The van der Waals surface area contributed by atoms with Crippen molar-refractivity contribution in [3.05, 3.63) is 21.6 Å². The number of aliphatic hydroxyl groups is 1. The van der Waals surface area contributed by atoms with Crippen LogP contribution in [0.3, 0.4) is 0 Å². The Kier molecular flexibility index (Phi) is 5.18. The van der Waals surface area contributed by atoms with E-state index in [9.17, 15) is 4.79 Å². The topological polar surface area (TPSA) is 76.4 Å². The summed E-state index contributed by atoms with van der Waals surface area (Å²) in [5.41, 5.74) is 0.145. The Balaban J connectivity index is 2.00. The molecule has 0 aliphatic carbocycles. The van der Waals surface area contributed by atoms with Crippen LogP contribution >= 0.6 is 11.6 Å². The zero-order valence-corrected chi connectivity index (χ0v) is 11.4. The fourth-order valence-corrected chi connectivity index (χ4v) is 2.28. The molecule has 0 spiro atoms. The number of anilines is 1. The molecule has 0 aromatic carbocycles. The molecule has 7 heteroatoms. The minimum Gasteiger partial charge on any atom is -0.394 e. The highest BCUT2D eigenvalue weighted by Crippen LogP contribution is 2.18. The molecular weight excluding hydrogens is 270 g/mol. The van der Waals surface area contributed by atoms with Gasteiger partial charge in [-0.15, -0.1) is 0 Å². The van der Waals surface area contributed by atoms with E-state index in [0.717, 1.165) is 30.7 Å². The van der Waals surface area contributed by atoms with Crippen LogP contribution in [0, 0.1) is 5.92 Å². The van der Waals surface area contributed by atoms with E-state index < -0.39 is 0 Å². The normalized spacial score (nSPS) is 19.4. The van der Waals surface area contributed by atoms with Crippen LogP contribution in [0.5, 0.6) is 0 Å². The van der Waals surface area contributed by atoms with Gasteiger partial charge in [0, 0.05) is 13.2 Å². The van der Waals surface area contributed by atoms with Crippen molar-refractivity contribution in [3.8, 4) is 0 Å². The molecule has 1 aliphatic heterocycles. The Labute approximate surface area is 116 Å². The van der Waals surface area contributed by atoms with Gasteiger partial charge in [-0.05, 0) is 18.8 Å². The first-order valence-corrected chi connectivity index (χ1v) is 6.78. The molecule has 1 aromatic heterocycles. The van der Waals surface area contributed by atoms with Crippen molar-refractivity contribution in [2.45, 2.75) is 19.4 Å². The molecule has 0 saturated carbocycles. The molecule has 106 valence electrons. The van der Waals surface area contributed by atoms with Crippen molar-refractivity contribution >= 4 is 17.3 Å². The van der Waals surface area contributed by atoms with Crippen LogP contribution in [-0.4, -0.2) is 41.3 Å². The molecule has 1 aliphatic rings. The molecular formula is C12H18ClN3O3. The van der Waals surface area contributed by atoms with E-state index in [0.29, 0.717) is 18.2 Å². The Morgan fingerprint density at radius 2 is 2.47 bits per heavy atom. The van der Waals surface area contributed by atoms with Crippen LogP contribution < -0.4 is 10.9 Å². The molecule has 0 amide bonds. The van der Waals surface area contributed by atoms with Gasteiger partial charge in [-0.1, -0.05) is 11.6 Å². The van der Waals surface area contributed by atoms with Gasteiger partial charge < -0.3 is 15.2 Å². The van der Waals surface area contributed by atoms with E-state index in [2.05, 4.69) is 10.4 Å². The number of hydrogen-bond donors (Lipinski definition) is 2. The maximum absolute atomic E-state index is 11.8. The number of hydrogen-bond acceptors (Lipinski definition) is 5. The molecule has 1 atom stereocenters. The van der Waals surface area contributed by atoms with Crippen LogP contribution in [0.4, 0.5) is 5.69 Å². The van der Waals surface area contributed by atoms with Gasteiger partial charge in [-0.3, -0.25) is 4.79 Å². The summed E-state index contributed by atoms with van der Waals surface area (Å²) in [6.07, 6.45) is 3.69. The molecule has 19 heavy (non-hydrogen) atoms. The van der Waals surface area contributed by atoms with Crippen LogP contribution in [0.2, 0.25) is 5.02 Å². The fraction of sp³-hybridized carbons (Fsp3) is 0.667. The summed E-state index contributed by atoms with van der Waals surface area (Å²) in [7, 11) is 0. The van der Waals surface area contributed by atoms with Crippen molar-refractivity contribution in [1.82, 2.24) is 9.78 Å². The van der Waals surface area contributed by atoms with Crippen LogP contribution in [0.25, 0.3) is 0 Å². The summed E-state index contributed by atoms with van der Waals surface area (Å²) in [5, 5.41) is 16.0. The molecule has 1 unspecified atom stereocenters. The molecule has 2 rings (SSSR count). The van der Waals surface area contributed by atoms with Gasteiger partial charge in [-0.2, -0.15) is 5.10 Å². The minimum absolute atomic E-state index is 0.111. The standard InChI is InChI=1S/C12H18ClN3O3/c13-11-10(7-15-16(3-4-17)12(11)18)14-6-9-2-1-5-19-8-9/h7,9,14,17H,1-6,8H2. The third-order valence-electron chi connectivity index (χ3n) is 3.13. The first-order chi connectivity index (χ1) is 9.22. The lowest BCUT2D eigenvalue weighted by Gasteiger charge is -2.22. The smallest absolute Gasteiger partial charge is 0.287 e. The van der Waals surface area contributed by atoms with Gasteiger partial charge in [0.1, 0.15) is 5.02 Å². The first-order valence-electron chi connectivity index (χ1n) is 6.40. The van der Waals surface area contributed by atoms with Crippen molar-refractivity contribution < 1.29 is 9.84 Å². The van der Waals surface area contributed by atoms with E-state index in [1.807, 2.05) is 0 Å². The monoisotopic (exact) mass is 287 g/mol. The molecule has 1 saturated heterocycles. The zero-order valence-electron chi connectivity index (χ0n) is 10.6. The van der Waals surface area contributed by atoms with E-state index in [1.165, 1.54) is 6.20 Å². The highest BCUT2D eigenvalue weighted by molar-refractivity contribution is 6.32. The average Bonchev–Trinajstić information content (AvgIpc) is 2.44.